The summed E-state index contributed by atoms with van der Waals surface area (Å²) >= 11 is 0. The molecule has 0 atom stereocenters. The van der Waals surface area contributed by atoms with Gasteiger partial charge in [0.25, 0.3) is 12.4 Å². The molecule has 0 bridgehead atoms. The van der Waals surface area contributed by atoms with E-state index >= 15 is 0 Å². The lowest BCUT2D eigenvalue weighted by Crippen LogP contribution is -1.98. The van der Waals surface area contributed by atoms with Gasteiger partial charge in [-0.1, -0.05) is 0 Å². The fourth-order valence-electron chi connectivity index (χ4n) is 0.699. The Bertz CT molecular complexity index is 343. The first-order valence-corrected chi connectivity index (χ1v) is 3.11. The van der Waals surface area contributed by atoms with Crippen molar-refractivity contribution in [3.05, 3.63) is 33.9 Å². The molecule has 4 nitrogen and oxygen atoms in total. The van der Waals surface area contributed by atoms with Crippen LogP contribution in [0.25, 0.3) is 0 Å². The third-order valence-electron chi connectivity index (χ3n) is 1.27. The predicted molar refractivity (Wildman–Crippen MR) is 35.8 cm³/mol. The fraction of sp³-hybridized carbons (Fsp3) is 0.167. The van der Waals surface area contributed by atoms with Crippen LogP contribution in [0.2, 0.25) is 0 Å². The first-order chi connectivity index (χ1) is 6.02. The molecule has 13 heavy (non-hydrogen) atoms. The van der Waals surface area contributed by atoms with Gasteiger partial charge in [-0.05, 0) is 6.07 Å². The van der Waals surface area contributed by atoms with E-state index in [0.29, 0.717) is 12.1 Å². The molecule has 70 valence electrons. The van der Waals surface area contributed by atoms with Crippen LogP contribution in [0, 0.1) is 16.1 Å². The van der Waals surface area contributed by atoms with Gasteiger partial charge in [0.05, 0.1) is 4.92 Å². The average molecular weight is 192 g/mol. The second kappa shape index (κ2) is 3.38. The van der Waals surface area contributed by atoms with Crippen LogP contribution < -0.4 is 0 Å². The Morgan fingerprint density at radius 1 is 1.46 bits per heavy atom. The van der Waals surface area contributed by atoms with E-state index in [1.54, 1.807) is 0 Å². The van der Waals surface area contributed by atoms with Gasteiger partial charge in [0.1, 0.15) is 5.69 Å². The molecular formula is C6H3F3N2O2. The summed E-state index contributed by atoms with van der Waals surface area (Å²) in [6.45, 7) is 0. The van der Waals surface area contributed by atoms with Crippen LogP contribution >= 0.6 is 0 Å². The Morgan fingerprint density at radius 3 is 2.46 bits per heavy atom. The number of halogens is 3. The van der Waals surface area contributed by atoms with Crippen LogP contribution in [0.5, 0.6) is 0 Å². The molecule has 0 aromatic carbocycles. The Kier molecular flexibility index (Phi) is 2.45. The van der Waals surface area contributed by atoms with E-state index in [0.717, 1.165) is 0 Å². The van der Waals surface area contributed by atoms with Crippen LogP contribution in [-0.2, 0) is 0 Å². The van der Waals surface area contributed by atoms with Gasteiger partial charge >= 0.3 is 5.69 Å². The molecule has 0 unspecified atom stereocenters. The molecular weight excluding hydrogens is 189 g/mol. The summed E-state index contributed by atoms with van der Waals surface area (Å²) in [7, 11) is 0. The minimum Gasteiger partial charge on any atom is -0.258 e. The maximum Gasteiger partial charge on any atom is 0.324 e. The topological polar surface area (TPSA) is 56.0 Å². The number of pyridine rings is 1. The van der Waals surface area contributed by atoms with Crippen molar-refractivity contribution < 1.29 is 18.1 Å². The monoisotopic (exact) mass is 192 g/mol. The Morgan fingerprint density at radius 2 is 2.08 bits per heavy atom. The van der Waals surface area contributed by atoms with Gasteiger partial charge in [0, 0.05) is 6.07 Å². The highest BCUT2D eigenvalue weighted by atomic mass is 19.3. The highest BCUT2D eigenvalue weighted by Gasteiger charge is 2.18. The third-order valence-corrected chi connectivity index (χ3v) is 1.27. The number of alkyl halides is 2. The van der Waals surface area contributed by atoms with Gasteiger partial charge in [-0.2, -0.15) is 4.39 Å². The highest BCUT2D eigenvalue weighted by molar-refractivity contribution is 5.28. The Balaban J connectivity index is 3.13. The first-order valence-electron chi connectivity index (χ1n) is 3.11. The summed E-state index contributed by atoms with van der Waals surface area (Å²) in [5, 5.41) is 10.0. The lowest BCUT2D eigenvalue weighted by atomic mass is 10.3. The zero-order valence-electron chi connectivity index (χ0n) is 6.08. The Hall–Kier alpha value is -1.66. The molecule has 0 saturated carbocycles. The van der Waals surface area contributed by atoms with Crippen LogP contribution in [0.3, 0.4) is 0 Å². The predicted octanol–water partition coefficient (Wildman–Crippen LogP) is 2.07. The minimum absolute atomic E-state index is 0.657. The van der Waals surface area contributed by atoms with E-state index in [9.17, 15) is 23.3 Å². The summed E-state index contributed by atoms with van der Waals surface area (Å²) in [4.78, 5) is 11.7. The van der Waals surface area contributed by atoms with E-state index in [1.807, 2.05) is 0 Å². The van der Waals surface area contributed by atoms with Crippen molar-refractivity contribution in [3.63, 3.8) is 0 Å². The SMILES string of the molecule is O=[N+]([O-])c1ccc(C(F)F)nc1F. The van der Waals surface area contributed by atoms with Gasteiger partial charge in [0.2, 0.25) is 0 Å². The number of rotatable bonds is 2. The number of hydrogen-bond acceptors (Lipinski definition) is 3. The van der Waals surface area contributed by atoms with Gasteiger partial charge in [-0.25, -0.2) is 13.8 Å². The second-order valence-corrected chi connectivity index (χ2v) is 2.10. The number of nitrogens with zero attached hydrogens (tertiary/aromatic N) is 2. The fourth-order valence-corrected chi connectivity index (χ4v) is 0.699. The molecule has 1 aromatic heterocycles. The smallest absolute Gasteiger partial charge is 0.258 e. The number of aromatic nitrogens is 1. The van der Waals surface area contributed by atoms with E-state index in [2.05, 4.69) is 4.98 Å². The standard InChI is InChI=1S/C6H3F3N2O2/c7-5(8)3-1-2-4(11(12)13)6(9)10-3/h1-2,5H. The van der Waals surface area contributed by atoms with Crippen molar-refractivity contribution in [2.75, 3.05) is 0 Å². The molecule has 0 amide bonds. The van der Waals surface area contributed by atoms with Crippen LogP contribution in [0.4, 0.5) is 18.9 Å². The normalized spacial score (nSPS) is 10.5. The first kappa shape index (κ1) is 9.43. The quantitative estimate of drug-likeness (QED) is 0.409. The Labute approximate surface area is 70.2 Å². The molecule has 0 aliphatic rings. The van der Waals surface area contributed by atoms with Crippen molar-refractivity contribution in [2.24, 2.45) is 0 Å². The van der Waals surface area contributed by atoms with Crippen molar-refractivity contribution in [1.82, 2.24) is 4.98 Å². The van der Waals surface area contributed by atoms with Gasteiger partial charge in [0.15, 0.2) is 0 Å². The molecule has 1 heterocycles. The lowest BCUT2D eigenvalue weighted by Gasteiger charge is -1.97. The molecule has 0 aliphatic heterocycles. The number of nitro groups is 1. The van der Waals surface area contributed by atoms with Gasteiger partial charge in [-0.3, -0.25) is 10.1 Å². The van der Waals surface area contributed by atoms with E-state index in [-0.39, 0.29) is 0 Å². The molecule has 1 rings (SSSR count). The molecule has 0 spiro atoms. The summed E-state index contributed by atoms with van der Waals surface area (Å²) in [6.07, 6.45) is -2.93. The summed E-state index contributed by atoms with van der Waals surface area (Å²) < 4.78 is 36.3. The summed E-state index contributed by atoms with van der Waals surface area (Å²) in [5.74, 6) is -1.50. The maximum absolute atomic E-state index is 12.6. The van der Waals surface area contributed by atoms with Crippen molar-refractivity contribution in [2.45, 2.75) is 6.43 Å². The van der Waals surface area contributed by atoms with Gasteiger partial charge < -0.3 is 0 Å². The largest absolute Gasteiger partial charge is 0.324 e. The zero-order chi connectivity index (χ0) is 10.0. The lowest BCUT2D eigenvalue weighted by molar-refractivity contribution is -0.388. The van der Waals surface area contributed by atoms with Crippen molar-refractivity contribution >= 4 is 5.69 Å². The molecule has 7 heteroatoms. The summed E-state index contributed by atoms with van der Waals surface area (Å²) in [5.41, 5.74) is -1.73. The van der Waals surface area contributed by atoms with Crippen molar-refractivity contribution in [1.29, 1.82) is 0 Å². The van der Waals surface area contributed by atoms with Crippen LogP contribution in [-0.4, -0.2) is 9.91 Å². The maximum atomic E-state index is 12.6. The molecule has 0 saturated heterocycles. The molecule has 1 aromatic rings. The van der Waals surface area contributed by atoms with E-state index in [1.165, 1.54) is 0 Å². The third kappa shape index (κ3) is 1.92. The minimum atomic E-state index is -2.93. The highest BCUT2D eigenvalue weighted by Crippen LogP contribution is 2.21. The number of hydrogen-bond donors (Lipinski definition) is 0. The van der Waals surface area contributed by atoms with E-state index in [4.69, 9.17) is 0 Å². The van der Waals surface area contributed by atoms with E-state index < -0.39 is 28.7 Å². The molecule has 0 fully saturated rings. The van der Waals surface area contributed by atoms with Crippen LogP contribution in [0.15, 0.2) is 12.1 Å². The van der Waals surface area contributed by atoms with Crippen molar-refractivity contribution in [3.8, 4) is 0 Å². The molecule has 0 radical (unpaired) electrons. The molecule has 0 aliphatic carbocycles. The van der Waals surface area contributed by atoms with Gasteiger partial charge in [-0.15, -0.1) is 0 Å². The summed E-state index contributed by atoms with van der Waals surface area (Å²) in [6, 6.07) is 1.37. The average Bonchev–Trinajstić information content (AvgIpc) is 2.03. The van der Waals surface area contributed by atoms with Crippen LogP contribution in [0.1, 0.15) is 12.1 Å². The zero-order valence-corrected chi connectivity index (χ0v) is 6.08. The second-order valence-electron chi connectivity index (χ2n) is 2.10. The molecule has 0 N–H and O–H groups in total.